The monoisotopic (exact) mass is 389 g/mol. The van der Waals surface area contributed by atoms with Gasteiger partial charge in [0.25, 0.3) is 0 Å². The molecule has 7 nitrogen and oxygen atoms in total. The van der Waals surface area contributed by atoms with E-state index in [0.717, 1.165) is 23.9 Å². The topological polar surface area (TPSA) is 98.6 Å². The summed E-state index contributed by atoms with van der Waals surface area (Å²) in [6.45, 7) is 0.495. The Balaban J connectivity index is 2.31. The fraction of sp³-hybridized carbons (Fsp3) is 0.267. The summed E-state index contributed by atoms with van der Waals surface area (Å²) in [5, 5.41) is 13.7. The van der Waals surface area contributed by atoms with E-state index < -0.39 is 40.6 Å². The van der Waals surface area contributed by atoms with Crippen LogP contribution in [0.15, 0.2) is 18.3 Å². The Morgan fingerprint density at radius 2 is 1.85 bits per heavy atom. The molecule has 3 heterocycles. The van der Waals surface area contributed by atoms with Crippen LogP contribution < -0.4 is 10.5 Å². The molecule has 3 aromatic heterocycles. The van der Waals surface area contributed by atoms with Crippen LogP contribution in [0.3, 0.4) is 0 Å². The lowest BCUT2D eigenvalue weighted by Gasteiger charge is -2.26. The highest BCUT2D eigenvalue weighted by atomic mass is 19.4. The smallest absolute Gasteiger partial charge is 0.422 e. The summed E-state index contributed by atoms with van der Waals surface area (Å²) in [6.07, 6.45) is -4.01. The number of aliphatic hydroxyl groups is 1. The van der Waals surface area contributed by atoms with E-state index in [9.17, 15) is 27.1 Å². The number of ether oxygens (including phenoxy) is 1. The first kappa shape index (κ1) is 18.8. The zero-order chi connectivity index (χ0) is 20.1. The molecular weight excluding hydrogens is 377 g/mol. The zero-order valence-electron chi connectivity index (χ0n) is 13.8. The number of nitrogen functional groups attached to an aromatic ring is 1. The number of anilines is 1. The molecule has 27 heavy (non-hydrogen) atoms. The molecule has 0 aliphatic carbocycles. The van der Waals surface area contributed by atoms with E-state index in [-0.39, 0.29) is 17.1 Å². The number of nitrogens with two attached hydrogens (primary N) is 1. The van der Waals surface area contributed by atoms with Gasteiger partial charge in [-0.15, -0.1) is 0 Å². The minimum absolute atomic E-state index is 0.0207. The third-order valence-corrected chi connectivity index (χ3v) is 3.89. The standard InChI is InChI=1S/C15H12F5N5O2/c1-14(26,15(18,19)20)12-9(27-2)4-10-22-5-8(25(10)24-12)11-6(16)3-7(17)13(21)23-11/h3-5,26H,1-2H3,(H2,21,23)/t14-/m1/s1. The molecule has 3 N–H and O–H groups in total. The van der Waals surface area contributed by atoms with Gasteiger partial charge in [-0.05, 0) is 6.92 Å². The van der Waals surface area contributed by atoms with E-state index in [1.54, 1.807) is 0 Å². The fourth-order valence-corrected chi connectivity index (χ4v) is 2.35. The molecule has 0 amide bonds. The number of methoxy groups -OCH3 is 1. The van der Waals surface area contributed by atoms with Gasteiger partial charge in [-0.3, -0.25) is 0 Å². The minimum Gasteiger partial charge on any atom is -0.495 e. The van der Waals surface area contributed by atoms with Gasteiger partial charge in [0.15, 0.2) is 23.1 Å². The first-order valence-corrected chi connectivity index (χ1v) is 7.31. The van der Waals surface area contributed by atoms with Crippen molar-refractivity contribution >= 4 is 11.5 Å². The van der Waals surface area contributed by atoms with Crippen LogP contribution in [-0.2, 0) is 5.60 Å². The second-order valence-electron chi connectivity index (χ2n) is 5.73. The summed E-state index contributed by atoms with van der Waals surface area (Å²) in [7, 11) is 1.09. The van der Waals surface area contributed by atoms with E-state index in [4.69, 9.17) is 10.5 Å². The molecule has 0 fully saturated rings. The number of pyridine rings is 1. The van der Waals surface area contributed by atoms with Crippen LogP contribution in [0.1, 0.15) is 12.6 Å². The molecule has 0 radical (unpaired) electrons. The van der Waals surface area contributed by atoms with Crippen molar-refractivity contribution in [3.8, 4) is 17.1 Å². The zero-order valence-corrected chi connectivity index (χ0v) is 13.8. The van der Waals surface area contributed by atoms with Crippen molar-refractivity contribution in [2.45, 2.75) is 18.7 Å². The van der Waals surface area contributed by atoms with Crippen LogP contribution in [0.5, 0.6) is 5.75 Å². The maximum Gasteiger partial charge on any atom is 0.422 e. The average molecular weight is 389 g/mol. The van der Waals surface area contributed by atoms with E-state index in [2.05, 4.69) is 15.1 Å². The van der Waals surface area contributed by atoms with Crippen molar-refractivity contribution in [3.05, 3.63) is 35.7 Å². The van der Waals surface area contributed by atoms with Crippen molar-refractivity contribution in [2.24, 2.45) is 0 Å². The molecular formula is C15H12F5N5O2. The van der Waals surface area contributed by atoms with Gasteiger partial charge in [0.05, 0.1) is 13.3 Å². The highest BCUT2D eigenvalue weighted by Gasteiger charge is 2.54. The van der Waals surface area contributed by atoms with Gasteiger partial charge in [0.1, 0.15) is 22.8 Å². The maximum absolute atomic E-state index is 14.1. The summed E-state index contributed by atoms with van der Waals surface area (Å²) >= 11 is 0. The summed E-state index contributed by atoms with van der Waals surface area (Å²) in [4.78, 5) is 7.46. The first-order chi connectivity index (χ1) is 12.5. The lowest BCUT2D eigenvalue weighted by atomic mass is 10.0. The summed E-state index contributed by atoms with van der Waals surface area (Å²) in [6, 6.07) is 1.56. The number of nitrogens with zero attached hydrogens (tertiary/aromatic N) is 4. The van der Waals surface area contributed by atoms with Gasteiger partial charge in [0.2, 0.25) is 5.60 Å². The predicted octanol–water partition coefficient (Wildman–Crippen LogP) is 2.43. The Bertz CT molecular complexity index is 1030. The normalized spacial score (nSPS) is 14.4. The highest BCUT2D eigenvalue weighted by Crippen LogP contribution is 2.41. The number of alkyl halides is 3. The Hall–Kier alpha value is -3.02. The van der Waals surface area contributed by atoms with Gasteiger partial charge < -0.3 is 15.6 Å². The largest absolute Gasteiger partial charge is 0.495 e. The number of hydrogen-bond donors (Lipinski definition) is 2. The molecule has 0 aliphatic rings. The number of aromatic nitrogens is 4. The summed E-state index contributed by atoms with van der Waals surface area (Å²) in [5.74, 6) is -3.21. The molecule has 3 rings (SSSR count). The van der Waals surface area contributed by atoms with Gasteiger partial charge in [-0.25, -0.2) is 23.3 Å². The van der Waals surface area contributed by atoms with Crippen molar-refractivity contribution in [1.82, 2.24) is 19.6 Å². The number of rotatable bonds is 3. The van der Waals surface area contributed by atoms with E-state index in [1.807, 2.05) is 0 Å². The second kappa shape index (κ2) is 6.01. The number of halogens is 5. The average Bonchev–Trinajstić information content (AvgIpc) is 2.98. The number of hydrogen-bond acceptors (Lipinski definition) is 6. The van der Waals surface area contributed by atoms with Crippen LogP contribution in [0.2, 0.25) is 0 Å². The first-order valence-electron chi connectivity index (χ1n) is 7.31. The second-order valence-corrected chi connectivity index (χ2v) is 5.73. The molecule has 0 saturated carbocycles. The van der Waals surface area contributed by atoms with Gasteiger partial charge in [-0.1, -0.05) is 0 Å². The molecule has 0 aliphatic heterocycles. The van der Waals surface area contributed by atoms with Gasteiger partial charge in [0, 0.05) is 12.1 Å². The van der Waals surface area contributed by atoms with Crippen LogP contribution in [-0.4, -0.2) is 38.0 Å². The summed E-state index contributed by atoms with van der Waals surface area (Å²) < 4.78 is 72.9. The van der Waals surface area contributed by atoms with Crippen LogP contribution in [0.4, 0.5) is 27.8 Å². The van der Waals surface area contributed by atoms with Crippen molar-refractivity contribution in [3.63, 3.8) is 0 Å². The van der Waals surface area contributed by atoms with E-state index >= 15 is 0 Å². The van der Waals surface area contributed by atoms with Crippen molar-refractivity contribution in [1.29, 1.82) is 0 Å². The van der Waals surface area contributed by atoms with Gasteiger partial charge in [-0.2, -0.15) is 18.3 Å². The van der Waals surface area contributed by atoms with Gasteiger partial charge >= 0.3 is 6.18 Å². The van der Waals surface area contributed by atoms with Crippen LogP contribution in [0, 0.1) is 11.6 Å². The van der Waals surface area contributed by atoms with E-state index in [1.165, 1.54) is 0 Å². The third kappa shape index (κ3) is 2.91. The fourth-order valence-electron chi connectivity index (χ4n) is 2.35. The molecule has 144 valence electrons. The van der Waals surface area contributed by atoms with Crippen molar-refractivity contribution < 1.29 is 31.8 Å². The lowest BCUT2D eigenvalue weighted by molar-refractivity contribution is -0.261. The van der Waals surface area contributed by atoms with Crippen molar-refractivity contribution in [2.75, 3.05) is 12.8 Å². The Labute approximate surface area is 148 Å². The molecule has 0 unspecified atom stereocenters. The minimum atomic E-state index is -5.08. The lowest BCUT2D eigenvalue weighted by Crippen LogP contribution is -2.40. The molecule has 12 heteroatoms. The van der Waals surface area contributed by atoms with E-state index in [0.29, 0.717) is 13.0 Å². The summed E-state index contributed by atoms with van der Waals surface area (Å²) in [5.41, 5.74) is 0.388. The Kier molecular flexibility index (Phi) is 4.18. The third-order valence-electron chi connectivity index (χ3n) is 3.89. The SMILES string of the molecule is COc1cc2ncc(-c3nc(N)c(F)cc3F)n2nc1[C@@](C)(O)C(F)(F)F. The highest BCUT2D eigenvalue weighted by molar-refractivity contribution is 5.63. The molecule has 0 saturated heterocycles. The maximum atomic E-state index is 14.1. The quantitative estimate of drug-likeness (QED) is 0.668. The predicted molar refractivity (Wildman–Crippen MR) is 82.7 cm³/mol. The number of imidazole rings is 1. The molecule has 0 aromatic carbocycles. The molecule has 0 spiro atoms. The number of fused-ring (bicyclic) bond motifs is 1. The molecule has 1 atom stereocenters. The Morgan fingerprint density at radius 3 is 2.44 bits per heavy atom. The van der Waals surface area contributed by atoms with Crippen LogP contribution in [0.25, 0.3) is 17.0 Å². The van der Waals surface area contributed by atoms with Crippen LogP contribution >= 0.6 is 0 Å². The molecule has 3 aromatic rings. The Morgan fingerprint density at radius 1 is 1.19 bits per heavy atom. The molecule has 0 bridgehead atoms.